The zero-order valence-electron chi connectivity index (χ0n) is 31.5. The van der Waals surface area contributed by atoms with Gasteiger partial charge in [-0.25, -0.2) is 0 Å². The Kier molecular flexibility index (Phi) is 8.60. The van der Waals surface area contributed by atoms with Gasteiger partial charge in [0.25, 0.3) is 0 Å². The molecule has 2 heterocycles. The van der Waals surface area contributed by atoms with Crippen molar-refractivity contribution in [3.63, 3.8) is 0 Å². The van der Waals surface area contributed by atoms with Crippen LogP contribution < -0.4 is 0 Å². The number of fused-ring (bicyclic) bond motifs is 6. The second-order valence-electron chi connectivity index (χ2n) is 14.3. The average molecular weight is 697 g/mol. The van der Waals surface area contributed by atoms with E-state index in [9.17, 15) is 0 Å². The number of aryl methyl sites for hydroxylation is 1. The fourth-order valence-corrected chi connectivity index (χ4v) is 8.35. The van der Waals surface area contributed by atoms with Gasteiger partial charge in [-0.3, -0.25) is 0 Å². The van der Waals surface area contributed by atoms with Crippen LogP contribution >= 0.6 is 0 Å². The summed E-state index contributed by atoms with van der Waals surface area (Å²) in [7, 11) is 0. The van der Waals surface area contributed by atoms with Crippen LogP contribution in [-0.4, -0.2) is 9.13 Å². The Bertz CT molecular complexity index is 2810. The lowest BCUT2D eigenvalue weighted by molar-refractivity contribution is 0.856. The standard InChI is InChI=1S/C50H38N2.C2H6/c1-33-13-25-47-43(29-33)45-31-39(19-27-49(45)51(47)41-21-15-37(16-22-41)35-9-5-3-6-10-35)40-20-28-50-46(32-40)44-30-34(2)14-26-48(44)52(50)42-23-17-38(18-24-42)36-11-7-4-8-12-36;1-2/h3-13,15-25,27-32H,14,26H2,1-2H3;1-2H3. The van der Waals surface area contributed by atoms with E-state index in [1.807, 2.05) is 13.8 Å². The minimum atomic E-state index is 1.04. The van der Waals surface area contributed by atoms with Crippen molar-refractivity contribution in [3.8, 4) is 44.8 Å². The van der Waals surface area contributed by atoms with Crippen molar-refractivity contribution in [2.75, 3.05) is 0 Å². The average Bonchev–Trinajstić information content (AvgIpc) is 3.73. The molecule has 2 heteroatoms. The van der Waals surface area contributed by atoms with Crippen LogP contribution in [0.5, 0.6) is 0 Å². The molecule has 0 spiro atoms. The Morgan fingerprint density at radius 2 is 0.833 bits per heavy atom. The number of allylic oxidation sites excluding steroid dienone is 1. The largest absolute Gasteiger partial charge is 0.313 e. The second-order valence-corrected chi connectivity index (χ2v) is 14.3. The van der Waals surface area contributed by atoms with Gasteiger partial charge in [-0.15, -0.1) is 0 Å². The predicted octanol–water partition coefficient (Wildman–Crippen LogP) is 14.4. The molecule has 0 saturated carbocycles. The SMILES string of the molecule is CC.CC1=Cc2c(n(-c3ccc(-c4ccccc4)cc3)c3ccc(-c4ccc5c(c4)c4cc(C)ccc4n5-c4ccc(-c5ccccc5)cc4)cc23)CC1. The summed E-state index contributed by atoms with van der Waals surface area (Å²) in [6.45, 7) is 8.46. The highest BCUT2D eigenvalue weighted by molar-refractivity contribution is 6.11. The molecule has 0 atom stereocenters. The van der Waals surface area contributed by atoms with Gasteiger partial charge in [0.2, 0.25) is 0 Å². The van der Waals surface area contributed by atoms with E-state index in [0.29, 0.717) is 0 Å². The third-order valence-electron chi connectivity index (χ3n) is 11.0. The molecule has 262 valence electrons. The monoisotopic (exact) mass is 696 g/mol. The predicted molar refractivity (Wildman–Crippen MR) is 232 cm³/mol. The Labute approximate surface area is 318 Å². The highest BCUT2D eigenvalue weighted by Crippen LogP contribution is 2.40. The van der Waals surface area contributed by atoms with E-state index in [-0.39, 0.29) is 0 Å². The molecule has 0 fully saturated rings. The van der Waals surface area contributed by atoms with Crippen molar-refractivity contribution in [2.45, 2.75) is 40.5 Å². The molecule has 0 radical (unpaired) electrons. The molecule has 0 amide bonds. The van der Waals surface area contributed by atoms with Gasteiger partial charge in [-0.2, -0.15) is 0 Å². The van der Waals surface area contributed by atoms with Crippen LogP contribution in [-0.2, 0) is 6.42 Å². The second kappa shape index (κ2) is 13.9. The minimum absolute atomic E-state index is 1.04. The molecule has 1 aliphatic rings. The van der Waals surface area contributed by atoms with Crippen LogP contribution in [0.3, 0.4) is 0 Å². The van der Waals surface area contributed by atoms with Gasteiger partial charge in [0.05, 0.1) is 16.6 Å². The first-order chi connectivity index (χ1) is 26.6. The summed E-state index contributed by atoms with van der Waals surface area (Å²) in [5.41, 5.74) is 19.0. The van der Waals surface area contributed by atoms with Gasteiger partial charge in [-0.05, 0) is 121 Å². The van der Waals surface area contributed by atoms with Crippen LogP contribution in [0.25, 0.3) is 83.5 Å². The number of hydrogen-bond donors (Lipinski definition) is 0. The van der Waals surface area contributed by atoms with E-state index in [1.54, 1.807) is 0 Å². The Morgan fingerprint density at radius 3 is 1.41 bits per heavy atom. The van der Waals surface area contributed by atoms with Gasteiger partial charge >= 0.3 is 0 Å². The first-order valence-corrected chi connectivity index (χ1v) is 19.3. The highest BCUT2D eigenvalue weighted by atomic mass is 15.0. The fourth-order valence-electron chi connectivity index (χ4n) is 8.35. The van der Waals surface area contributed by atoms with E-state index in [1.165, 1.54) is 99.9 Å². The van der Waals surface area contributed by atoms with Crippen molar-refractivity contribution in [2.24, 2.45) is 0 Å². The molecule has 1 aliphatic carbocycles. The maximum absolute atomic E-state index is 2.49. The van der Waals surface area contributed by atoms with Crippen molar-refractivity contribution >= 4 is 38.8 Å². The van der Waals surface area contributed by atoms with E-state index >= 15 is 0 Å². The van der Waals surface area contributed by atoms with Crippen LogP contribution in [0.15, 0.2) is 169 Å². The van der Waals surface area contributed by atoms with Gasteiger partial charge in [0.1, 0.15) is 0 Å². The van der Waals surface area contributed by atoms with Crippen molar-refractivity contribution in [1.82, 2.24) is 9.13 Å². The van der Waals surface area contributed by atoms with Gasteiger partial charge in [0, 0.05) is 38.8 Å². The maximum atomic E-state index is 2.49. The van der Waals surface area contributed by atoms with E-state index in [2.05, 4.69) is 193 Å². The quantitative estimate of drug-likeness (QED) is 0.170. The summed E-state index contributed by atoms with van der Waals surface area (Å²) >= 11 is 0. The lowest BCUT2D eigenvalue weighted by Gasteiger charge is -2.16. The number of benzene rings is 7. The first-order valence-electron chi connectivity index (χ1n) is 19.3. The zero-order chi connectivity index (χ0) is 36.8. The number of rotatable bonds is 5. The Morgan fingerprint density at radius 1 is 0.389 bits per heavy atom. The van der Waals surface area contributed by atoms with Gasteiger partial charge in [0.15, 0.2) is 0 Å². The van der Waals surface area contributed by atoms with Crippen LogP contribution in [0, 0.1) is 6.92 Å². The lowest BCUT2D eigenvalue weighted by atomic mass is 9.95. The van der Waals surface area contributed by atoms with Crippen LogP contribution in [0.4, 0.5) is 0 Å². The first kappa shape index (κ1) is 33.5. The van der Waals surface area contributed by atoms with Gasteiger partial charge in [-0.1, -0.05) is 134 Å². The molecule has 0 aliphatic heterocycles. The summed E-state index contributed by atoms with van der Waals surface area (Å²) < 4.78 is 4.91. The summed E-state index contributed by atoms with van der Waals surface area (Å²) in [4.78, 5) is 0. The van der Waals surface area contributed by atoms with E-state index < -0.39 is 0 Å². The third kappa shape index (κ3) is 5.76. The smallest absolute Gasteiger partial charge is 0.0541 e. The molecule has 0 bridgehead atoms. The Balaban J connectivity index is 0.00000189. The number of nitrogens with zero attached hydrogens (tertiary/aromatic N) is 2. The lowest BCUT2D eigenvalue weighted by Crippen LogP contribution is -2.04. The molecule has 0 saturated heterocycles. The maximum Gasteiger partial charge on any atom is 0.0541 e. The van der Waals surface area contributed by atoms with Crippen LogP contribution in [0.2, 0.25) is 0 Å². The highest BCUT2D eigenvalue weighted by Gasteiger charge is 2.21. The molecular weight excluding hydrogens is 653 g/mol. The zero-order valence-corrected chi connectivity index (χ0v) is 31.5. The topological polar surface area (TPSA) is 9.86 Å². The molecular formula is C52H44N2. The number of hydrogen-bond acceptors (Lipinski definition) is 0. The van der Waals surface area contributed by atoms with Crippen molar-refractivity contribution in [3.05, 3.63) is 186 Å². The fraction of sp³-hybridized carbons (Fsp3) is 0.115. The summed E-state index contributed by atoms with van der Waals surface area (Å²) in [5, 5.41) is 3.87. The molecule has 54 heavy (non-hydrogen) atoms. The molecule has 9 aromatic rings. The molecule has 0 unspecified atom stereocenters. The summed E-state index contributed by atoms with van der Waals surface area (Å²) in [6.07, 6.45) is 4.55. The Hall–Kier alpha value is -6.38. The molecule has 2 aromatic heterocycles. The molecule has 2 nitrogen and oxygen atoms in total. The van der Waals surface area contributed by atoms with E-state index in [0.717, 1.165) is 12.8 Å². The molecule has 0 N–H and O–H groups in total. The van der Waals surface area contributed by atoms with Gasteiger partial charge < -0.3 is 9.13 Å². The van der Waals surface area contributed by atoms with E-state index in [4.69, 9.17) is 0 Å². The molecule has 10 rings (SSSR count). The minimum Gasteiger partial charge on any atom is -0.313 e. The summed E-state index contributed by atoms with van der Waals surface area (Å²) in [6, 6.07) is 60.2. The molecule has 7 aromatic carbocycles. The van der Waals surface area contributed by atoms with Crippen molar-refractivity contribution in [1.29, 1.82) is 0 Å². The number of aromatic nitrogens is 2. The normalized spacial score (nSPS) is 12.4. The van der Waals surface area contributed by atoms with Crippen LogP contribution in [0.1, 0.15) is 44.0 Å². The van der Waals surface area contributed by atoms with Crippen molar-refractivity contribution < 1.29 is 0 Å². The summed E-state index contributed by atoms with van der Waals surface area (Å²) in [5.74, 6) is 0. The third-order valence-corrected chi connectivity index (χ3v) is 11.0.